The quantitative estimate of drug-likeness (QED) is 0.911. The molecule has 3 N–H and O–H groups in total. The van der Waals surface area contributed by atoms with E-state index in [9.17, 15) is 9.90 Å². The van der Waals surface area contributed by atoms with Crippen LogP contribution in [0.1, 0.15) is 28.8 Å². The molecule has 2 aromatic rings. The molecule has 1 amide bonds. The Hall–Kier alpha value is -2.33. The fraction of sp³-hybridized carbons (Fsp3) is 0.278. The third kappa shape index (κ3) is 3.12. The summed E-state index contributed by atoms with van der Waals surface area (Å²) in [5.74, 6) is -0.459. The number of nitrogens with two attached hydrogens (primary N) is 1. The van der Waals surface area contributed by atoms with Crippen molar-refractivity contribution in [3.8, 4) is 16.9 Å². The van der Waals surface area contributed by atoms with Gasteiger partial charge in [-0.15, -0.1) is 0 Å². The smallest absolute Gasteiger partial charge is 0.248 e. The number of hydrogen-bond donors (Lipinski definition) is 2. The van der Waals surface area contributed by atoms with Gasteiger partial charge in [0.1, 0.15) is 5.75 Å². The van der Waals surface area contributed by atoms with Crippen LogP contribution in [0.5, 0.6) is 5.75 Å². The summed E-state index contributed by atoms with van der Waals surface area (Å²) in [6.07, 6.45) is 2.55. The number of amides is 1. The number of phenolic OH excluding ortho intramolecular Hbond substituents is 1. The van der Waals surface area contributed by atoms with Crippen LogP contribution in [0.15, 0.2) is 42.5 Å². The minimum Gasteiger partial charge on any atom is -0.507 e. The first-order valence-corrected chi connectivity index (χ1v) is 7.58. The van der Waals surface area contributed by atoms with E-state index in [1.807, 2.05) is 12.1 Å². The van der Waals surface area contributed by atoms with Gasteiger partial charge in [0.15, 0.2) is 0 Å². The lowest BCUT2D eigenvalue weighted by molar-refractivity contribution is 0.1000. The average Bonchev–Trinajstić information content (AvgIpc) is 3.00. The van der Waals surface area contributed by atoms with Gasteiger partial charge in [-0.3, -0.25) is 9.69 Å². The van der Waals surface area contributed by atoms with Gasteiger partial charge in [0.2, 0.25) is 5.91 Å². The number of carbonyl (C=O) groups is 1. The number of carbonyl (C=O) groups excluding carboxylic acids is 1. The first-order valence-electron chi connectivity index (χ1n) is 7.58. The fourth-order valence-corrected chi connectivity index (χ4v) is 2.97. The third-order valence-electron chi connectivity index (χ3n) is 4.13. The zero-order valence-electron chi connectivity index (χ0n) is 12.5. The number of benzene rings is 2. The number of hydrogen-bond acceptors (Lipinski definition) is 3. The number of phenols is 1. The molecule has 1 aliphatic heterocycles. The number of likely N-dealkylation sites (tertiary alicyclic amines) is 1. The molecular weight excluding hydrogens is 276 g/mol. The van der Waals surface area contributed by atoms with Crippen LogP contribution in [0.25, 0.3) is 11.1 Å². The van der Waals surface area contributed by atoms with Gasteiger partial charge in [-0.2, -0.15) is 0 Å². The summed E-state index contributed by atoms with van der Waals surface area (Å²) in [4.78, 5) is 13.6. The molecule has 114 valence electrons. The number of rotatable bonds is 4. The van der Waals surface area contributed by atoms with Crippen molar-refractivity contribution in [1.29, 1.82) is 0 Å². The van der Waals surface area contributed by atoms with Crippen molar-refractivity contribution < 1.29 is 9.90 Å². The molecule has 0 radical (unpaired) electrons. The van der Waals surface area contributed by atoms with E-state index in [2.05, 4.69) is 17.0 Å². The maximum atomic E-state index is 11.2. The minimum atomic E-state index is -0.537. The van der Waals surface area contributed by atoms with Gasteiger partial charge >= 0.3 is 0 Å². The summed E-state index contributed by atoms with van der Waals surface area (Å²) in [6.45, 7) is 3.25. The second-order valence-corrected chi connectivity index (χ2v) is 5.78. The summed E-state index contributed by atoms with van der Waals surface area (Å²) >= 11 is 0. The first-order chi connectivity index (χ1) is 10.6. The first kappa shape index (κ1) is 14.6. The van der Waals surface area contributed by atoms with Crippen LogP contribution >= 0.6 is 0 Å². The predicted molar refractivity (Wildman–Crippen MR) is 86.6 cm³/mol. The summed E-state index contributed by atoms with van der Waals surface area (Å²) in [5.41, 5.74) is 8.44. The molecule has 4 nitrogen and oxygen atoms in total. The van der Waals surface area contributed by atoms with Gasteiger partial charge in [0.05, 0.1) is 0 Å². The molecule has 22 heavy (non-hydrogen) atoms. The number of primary amides is 1. The molecule has 1 fully saturated rings. The Balaban J connectivity index is 1.86. The molecule has 2 aromatic carbocycles. The molecular formula is C18H20N2O2. The van der Waals surface area contributed by atoms with Gasteiger partial charge in [0, 0.05) is 17.7 Å². The van der Waals surface area contributed by atoms with E-state index in [1.54, 1.807) is 12.1 Å². The highest BCUT2D eigenvalue weighted by molar-refractivity contribution is 5.94. The molecule has 0 aromatic heterocycles. The van der Waals surface area contributed by atoms with Crippen molar-refractivity contribution in [2.45, 2.75) is 19.4 Å². The Morgan fingerprint density at radius 2 is 1.91 bits per heavy atom. The van der Waals surface area contributed by atoms with Crippen molar-refractivity contribution >= 4 is 5.91 Å². The van der Waals surface area contributed by atoms with E-state index in [0.29, 0.717) is 11.1 Å². The van der Waals surface area contributed by atoms with Crippen molar-refractivity contribution in [2.24, 2.45) is 5.73 Å². The van der Waals surface area contributed by atoms with Crippen molar-refractivity contribution in [3.05, 3.63) is 53.6 Å². The molecule has 1 heterocycles. The minimum absolute atomic E-state index is 0.0784. The topological polar surface area (TPSA) is 66.6 Å². The Labute approximate surface area is 130 Å². The lowest BCUT2D eigenvalue weighted by Gasteiger charge is -2.15. The Kier molecular flexibility index (Phi) is 4.11. The fourth-order valence-electron chi connectivity index (χ4n) is 2.97. The standard InChI is InChI=1S/C18H20N2O2/c19-18(22)15-6-7-16(17(21)11-15)14-5-3-4-13(10-14)12-20-8-1-2-9-20/h3-7,10-11,21H,1-2,8-9,12H2,(H2,19,22). The second kappa shape index (κ2) is 6.20. The Morgan fingerprint density at radius 1 is 1.14 bits per heavy atom. The summed E-state index contributed by atoms with van der Waals surface area (Å²) < 4.78 is 0. The molecule has 0 atom stereocenters. The summed E-state index contributed by atoms with van der Waals surface area (Å²) in [5, 5.41) is 10.2. The van der Waals surface area contributed by atoms with Crippen LogP contribution in [-0.4, -0.2) is 29.0 Å². The maximum Gasteiger partial charge on any atom is 0.248 e. The zero-order valence-corrected chi connectivity index (χ0v) is 12.5. The van der Waals surface area contributed by atoms with E-state index >= 15 is 0 Å². The van der Waals surface area contributed by atoms with Crippen LogP contribution in [0.4, 0.5) is 0 Å². The van der Waals surface area contributed by atoms with Crippen molar-refractivity contribution in [3.63, 3.8) is 0 Å². The van der Waals surface area contributed by atoms with E-state index in [-0.39, 0.29) is 5.75 Å². The Bertz CT molecular complexity index is 691. The highest BCUT2D eigenvalue weighted by atomic mass is 16.3. The van der Waals surface area contributed by atoms with Crippen molar-refractivity contribution in [1.82, 2.24) is 4.90 Å². The molecule has 0 aliphatic carbocycles. The Morgan fingerprint density at radius 3 is 2.59 bits per heavy atom. The second-order valence-electron chi connectivity index (χ2n) is 5.78. The van der Waals surface area contributed by atoms with Crippen LogP contribution in [0.2, 0.25) is 0 Å². The van der Waals surface area contributed by atoms with E-state index in [1.165, 1.54) is 24.5 Å². The van der Waals surface area contributed by atoms with Crippen LogP contribution in [0, 0.1) is 0 Å². The monoisotopic (exact) mass is 296 g/mol. The van der Waals surface area contributed by atoms with E-state index in [4.69, 9.17) is 5.73 Å². The average molecular weight is 296 g/mol. The molecule has 0 bridgehead atoms. The number of aromatic hydroxyl groups is 1. The van der Waals surface area contributed by atoms with E-state index < -0.39 is 5.91 Å². The molecule has 0 unspecified atom stereocenters. The molecule has 1 aliphatic rings. The molecule has 1 saturated heterocycles. The molecule has 3 rings (SSSR count). The SMILES string of the molecule is NC(=O)c1ccc(-c2cccc(CN3CCCC3)c2)c(O)c1. The van der Waals surface area contributed by atoms with Gasteiger partial charge in [-0.25, -0.2) is 0 Å². The summed E-state index contributed by atoms with van der Waals surface area (Å²) in [7, 11) is 0. The molecule has 0 saturated carbocycles. The van der Waals surface area contributed by atoms with Gasteiger partial charge in [-0.05, 0) is 61.3 Å². The van der Waals surface area contributed by atoms with Crippen LogP contribution in [0.3, 0.4) is 0 Å². The molecule has 0 spiro atoms. The van der Waals surface area contributed by atoms with Gasteiger partial charge < -0.3 is 10.8 Å². The van der Waals surface area contributed by atoms with Gasteiger partial charge in [-0.1, -0.05) is 18.2 Å². The third-order valence-corrected chi connectivity index (χ3v) is 4.13. The van der Waals surface area contributed by atoms with Crippen LogP contribution < -0.4 is 5.73 Å². The lowest BCUT2D eigenvalue weighted by Crippen LogP contribution is -2.18. The highest BCUT2D eigenvalue weighted by Crippen LogP contribution is 2.30. The number of nitrogens with zero attached hydrogens (tertiary/aromatic N) is 1. The highest BCUT2D eigenvalue weighted by Gasteiger charge is 2.13. The van der Waals surface area contributed by atoms with E-state index in [0.717, 1.165) is 25.2 Å². The summed E-state index contributed by atoms with van der Waals surface area (Å²) in [6, 6.07) is 13.0. The lowest BCUT2D eigenvalue weighted by atomic mass is 10.0. The zero-order chi connectivity index (χ0) is 15.5. The largest absolute Gasteiger partial charge is 0.507 e. The molecule has 4 heteroatoms. The van der Waals surface area contributed by atoms with Crippen LogP contribution in [-0.2, 0) is 6.54 Å². The maximum absolute atomic E-state index is 11.2. The predicted octanol–water partition coefficient (Wildman–Crippen LogP) is 2.75. The normalized spacial score (nSPS) is 15.1. The van der Waals surface area contributed by atoms with Gasteiger partial charge in [0.25, 0.3) is 0 Å². The van der Waals surface area contributed by atoms with Crippen molar-refractivity contribution in [2.75, 3.05) is 13.1 Å².